The molecule has 0 saturated carbocycles. The van der Waals surface area contributed by atoms with Crippen LogP contribution in [0.5, 0.6) is 0 Å². The van der Waals surface area contributed by atoms with Gasteiger partial charge in [-0.2, -0.15) is 4.37 Å². The predicted molar refractivity (Wildman–Crippen MR) is 76.8 cm³/mol. The second kappa shape index (κ2) is 6.40. The SMILES string of the molecule is CO[C@H](C)c1nsc(NCc2ccc(F)cc2Br)n1. The average molecular weight is 346 g/mol. The summed E-state index contributed by atoms with van der Waals surface area (Å²) in [6, 6.07) is 4.60. The third-order valence-electron chi connectivity index (χ3n) is 2.60. The summed E-state index contributed by atoms with van der Waals surface area (Å²) in [4.78, 5) is 4.33. The molecular formula is C12H13BrFN3OS. The van der Waals surface area contributed by atoms with Crippen molar-refractivity contribution < 1.29 is 9.13 Å². The highest BCUT2D eigenvalue weighted by Crippen LogP contribution is 2.22. The summed E-state index contributed by atoms with van der Waals surface area (Å²) in [5.41, 5.74) is 0.956. The van der Waals surface area contributed by atoms with Gasteiger partial charge in [0.25, 0.3) is 0 Å². The molecule has 1 aromatic carbocycles. The zero-order valence-corrected chi connectivity index (χ0v) is 12.9. The van der Waals surface area contributed by atoms with Gasteiger partial charge in [-0.3, -0.25) is 0 Å². The number of benzene rings is 1. The zero-order valence-electron chi connectivity index (χ0n) is 10.5. The maximum atomic E-state index is 13.0. The van der Waals surface area contributed by atoms with Crippen LogP contribution < -0.4 is 5.32 Å². The molecule has 1 atom stereocenters. The largest absolute Gasteiger partial charge is 0.374 e. The van der Waals surface area contributed by atoms with Crippen molar-refractivity contribution in [2.24, 2.45) is 0 Å². The molecule has 1 N–H and O–H groups in total. The second-order valence-corrected chi connectivity index (χ2v) is 5.53. The highest BCUT2D eigenvalue weighted by Gasteiger charge is 2.11. The zero-order chi connectivity index (χ0) is 13.8. The van der Waals surface area contributed by atoms with Gasteiger partial charge >= 0.3 is 0 Å². The van der Waals surface area contributed by atoms with Crippen LogP contribution in [0.1, 0.15) is 24.4 Å². The van der Waals surface area contributed by atoms with Crippen molar-refractivity contribution in [3.8, 4) is 0 Å². The first-order chi connectivity index (χ1) is 9.10. The first-order valence-corrected chi connectivity index (χ1v) is 7.21. The molecule has 19 heavy (non-hydrogen) atoms. The molecule has 0 aliphatic heterocycles. The molecule has 2 rings (SSSR count). The minimum atomic E-state index is -0.261. The van der Waals surface area contributed by atoms with Gasteiger partial charge in [0, 0.05) is 29.7 Å². The number of ether oxygens (including phenoxy) is 1. The van der Waals surface area contributed by atoms with Gasteiger partial charge < -0.3 is 10.1 Å². The van der Waals surface area contributed by atoms with E-state index in [0.29, 0.717) is 12.4 Å². The molecular weight excluding hydrogens is 333 g/mol. The number of hydrogen-bond donors (Lipinski definition) is 1. The van der Waals surface area contributed by atoms with E-state index in [1.807, 2.05) is 6.92 Å². The van der Waals surface area contributed by atoms with Crippen molar-refractivity contribution in [2.45, 2.75) is 19.6 Å². The Balaban J connectivity index is 2.00. The van der Waals surface area contributed by atoms with Gasteiger partial charge in [0.2, 0.25) is 5.13 Å². The molecule has 2 aromatic rings. The van der Waals surface area contributed by atoms with Gasteiger partial charge in [0.05, 0.1) is 0 Å². The monoisotopic (exact) mass is 345 g/mol. The van der Waals surface area contributed by atoms with Crippen LogP contribution in [0, 0.1) is 5.82 Å². The Morgan fingerprint density at radius 1 is 1.53 bits per heavy atom. The van der Waals surface area contributed by atoms with Crippen LogP contribution in [0.25, 0.3) is 0 Å². The minimum absolute atomic E-state index is 0.121. The molecule has 1 aromatic heterocycles. The number of methoxy groups -OCH3 is 1. The Morgan fingerprint density at radius 2 is 2.32 bits per heavy atom. The topological polar surface area (TPSA) is 47.0 Å². The molecule has 7 heteroatoms. The summed E-state index contributed by atoms with van der Waals surface area (Å²) in [5, 5.41) is 3.88. The fourth-order valence-electron chi connectivity index (χ4n) is 1.41. The normalized spacial score (nSPS) is 12.4. The van der Waals surface area contributed by atoms with E-state index in [9.17, 15) is 4.39 Å². The van der Waals surface area contributed by atoms with Crippen molar-refractivity contribution in [1.29, 1.82) is 0 Å². The quantitative estimate of drug-likeness (QED) is 0.896. The van der Waals surface area contributed by atoms with Gasteiger partial charge in [-0.1, -0.05) is 22.0 Å². The fraction of sp³-hybridized carbons (Fsp3) is 0.333. The number of halogens is 2. The summed E-state index contributed by atoms with van der Waals surface area (Å²) >= 11 is 4.61. The van der Waals surface area contributed by atoms with Crippen molar-refractivity contribution >= 4 is 32.6 Å². The number of aromatic nitrogens is 2. The second-order valence-electron chi connectivity index (χ2n) is 3.92. The minimum Gasteiger partial charge on any atom is -0.374 e. The van der Waals surface area contributed by atoms with Gasteiger partial charge in [0.15, 0.2) is 5.82 Å². The molecule has 0 bridgehead atoms. The Morgan fingerprint density at radius 3 is 3.00 bits per heavy atom. The van der Waals surface area contributed by atoms with Crippen LogP contribution >= 0.6 is 27.5 Å². The maximum absolute atomic E-state index is 13.0. The van der Waals surface area contributed by atoms with E-state index < -0.39 is 0 Å². The third-order valence-corrected chi connectivity index (χ3v) is 4.03. The van der Waals surface area contributed by atoms with Crippen molar-refractivity contribution in [3.05, 3.63) is 39.9 Å². The summed E-state index contributed by atoms with van der Waals surface area (Å²) in [5.74, 6) is 0.399. The first kappa shape index (κ1) is 14.4. The van der Waals surface area contributed by atoms with E-state index >= 15 is 0 Å². The third kappa shape index (κ3) is 3.71. The van der Waals surface area contributed by atoms with Crippen LogP contribution in [-0.4, -0.2) is 16.5 Å². The van der Waals surface area contributed by atoms with Crippen LogP contribution in [0.3, 0.4) is 0 Å². The molecule has 0 aliphatic carbocycles. The van der Waals surface area contributed by atoms with E-state index in [1.165, 1.54) is 23.7 Å². The lowest BCUT2D eigenvalue weighted by atomic mass is 10.2. The lowest BCUT2D eigenvalue weighted by Gasteiger charge is -2.05. The van der Waals surface area contributed by atoms with E-state index in [4.69, 9.17) is 4.74 Å². The Bertz CT molecular complexity index is 564. The van der Waals surface area contributed by atoms with Gasteiger partial charge in [-0.15, -0.1) is 0 Å². The van der Waals surface area contributed by atoms with Crippen molar-refractivity contribution in [3.63, 3.8) is 0 Å². The summed E-state index contributed by atoms with van der Waals surface area (Å²) < 4.78 is 23.0. The van der Waals surface area contributed by atoms with E-state index in [2.05, 4.69) is 30.6 Å². The lowest BCUT2D eigenvalue weighted by Crippen LogP contribution is -2.02. The molecule has 0 fully saturated rings. The van der Waals surface area contributed by atoms with Crippen LogP contribution in [0.4, 0.5) is 9.52 Å². The van der Waals surface area contributed by atoms with Crippen LogP contribution in [0.15, 0.2) is 22.7 Å². The highest BCUT2D eigenvalue weighted by atomic mass is 79.9. The number of anilines is 1. The Labute approximate surface area is 123 Å². The lowest BCUT2D eigenvalue weighted by molar-refractivity contribution is 0.113. The summed E-state index contributed by atoms with van der Waals surface area (Å²) in [6.07, 6.45) is -0.121. The van der Waals surface area contributed by atoms with E-state index in [1.54, 1.807) is 13.2 Å². The molecule has 102 valence electrons. The van der Waals surface area contributed by atoms with Crippen molar-refractivity contribution in [1.82, 2.24) is 9.36 Å². The molecule has 0 unspecified atom stereocenters. The number of nitrogens with zero attached hydrogens (tertiary/aromatic N) is 2. The standard InChI is InChI=1S/C12H13BrFN3OS/c1-7(18-2)11-16-12(19-17-11)15-6-8-3-4-9(14)5-10(8)13/h3-5,7H,6H2,1-2H3,(H,15,16,17)/t7-/m1/s1. The maximum Gasteiger partial charge on any atom is 0.202 e. The Hall–Kier alpha value is -1.05. The van der Waals surface area contributed by atoms with Gasteiger partial charge in [-0.25, -0.2) is 9.37 Å². The molecule has 0 saturated heterocycles. The predicted octanol–water partition coefficient (Wildman–Crippen LogP) is 3.76. The van der Waals surface area contributed by atoms with Crippen LogP contribution in [-0.2, 0) is 11.3 Å². The van der Waals surface area contributed by atoms with E-state index in [0.717, 1.165) is 15.2 Å². The number of hydrogen-bond acceptors (Lipinski definition) is 5. The average Bonchev–Trinajstić information content (AvgIpc) is 2.85. The molecule has 1 heterocycles. The first-order valence-electron chi connectivity index (χ1n) is 5.64. The molecule has 4 nitrogen and oxygen atoms in total. The molecule has 0 radical (unpaired) electrons. The van der Waals surface area contributed by atoms with Crippen LogP contribution in [0.2, 0.25) is 0 Å². The molecule has 0 aliphatic rings. The van der Waals surface area contributed by atoms with Crippen molar-refractivity contribution in [2.75, 3.05) is 12.4 Å². The molecule has 0 spiro atoms. The smallest absolute Gasteiger partial charge is 0.202 e. The molecule has 0 amide bonds. The highest BCUT2D eigenvalue weighted by molar-refractivity contribution is 9.10. The number of nitrogens with one attached hydrogen (secondary N) is 1. The van der Waals surface area contributed by atoms with E-state index in [-0.39, 0.29) is 11.9 Å². The summed E-state index contributed by atoms with van der Waals surface area (Å²) in [7, 11) is 1.62. The fourth-order valence-corrected chi connectivity index (χ4v) is 2.54. The Kier molecular flexibility index (Phi) is 4.84. The summed E-state index contributed by atoms with van der Waals surface area (Å²) in [6.45, 7) is 2.44. The van der Waals surface area contributed by atoms with Gasteiger partial charge in [-0.05, 0) is 24.6 Å². The number of rotatable bonds is 5. The van der Waals surface area contributed by atoms with Gasteiger partial charge in [0.1, 0.15) is 11.9 Å².